The standard InChI is InChI=1S/C18H17NO/c20-18(17-10-12-5-6-15(17)9-12)19-16-8-7-13-3-1-2-4-14(13)11-16/h1-8,11-12,15,17H,9-10H2,(H,19,20)/t12-,15+,17+/m1/s1. The first-order valence-corrected chi connectivity index (χ1v) is 7.27. The Morgan fingerprint density at radius 3 is 2.60 bits per heavy atom. The Kier molecular flexibility index (Phi) is 2.62. The van der Waals surface area contributed by atoms with Crippen LogP contribution in [0.1, 0.15) is 12.8 Å². The van der Waals surface area contributed by atoms with Crippen LogP contribution in [-0.4, -0.2) is 5.91 Å². The van der Waals surface area contributed by atoms with E-state index in [0.29, 0.717) is 11.8 Å². The molecule has 2 aromatic carbocycles. The number of allylic oxidation sites excluding steroid dienone is 2. The fourth-order valence-corrected chi connectivity index (χ4v) is 3.58. The lowest BCUT2D eigenvalue weighted by Gasteiger charge is -2.17. The van der Waals surface area contributed by atoms with Crippen molar-refractivity contribution in [1.29, 1.82) is 0 Å². The molecular weight excluding hydrogens is 246 g/mol. The molecule has 2 aliphatic carbocycles. The summed E-state index contributed by atoms with van der Waals surface area (Å²) in [4.78, 5) is 12.4. The molecule has 1 amide bonds. The summed E-state index contributed by atoms with van der Waals surface area (Å²) in [6, 6.07) is 14.3. The number of benzene rings is 2. The molecule has 0 radical (unpaired) electrons. The molecule has 2 bridgehead atoms. The number of hydrogen-bond donors (Lipinski definition) is 1. The molecule has 1 fully saturated rings. The van der Waals surface area contributed by atoms with Crippen molar-refractivity contribution in [2.45, 2.75) is 12.8 Å². The highest BCUT2D eigenvalue weighted by Crippen LogP contribution is 2.43. The molecule has 100 valence electrons. The fourth-order valence-electron chi connectivity index (χ4n) is 3.58. The molecule has 20 heavy (non-hydrogen) atoms. The van der Waals surface area contributed by atoms with Gasteiger partial charge in [0.05, 0.1) is 0 Å². The summed E-state index contributed by atoms with van der Waals surface area (Å²) in [5.41, 5.74) is 0.903. The van der Waals surface area contributed by atoms with E-state index in [1.54, 1.807) is 0 Å². The van der Waals surface area contributed by atoms with Crippen LogP contribution in [0.3, 0.4) is 0 Å². The second kappa shape index (κ2) is 4.48. The molecule has 2 aliphatic rings. The van der Waals surface area contributed by atoms with Gasteiger partial charge < -0.3 is 5.32 Å². The second-order valence-electron chi connectivity index (χ2n) is 5.94. The summed E-state index contributed by atoms with van der Waals surface area (Å²) in [6.45, 7) is 0. The Morgan fingerprint density at radius 1 is 1.00 bits per heavy atom. The first kappa shape index (κ1) is 11.7. The highest BCUT2D eigenvalue weighted by atomic mass is 16.1. The molecule has 2 aromatic rings. The quantitative estimate of drug-likeness (QED) is 0.815. The number of carbonyl (C=O) groups is 1. The van der Waals surface area contributed by atoms with Crippen molar-refractivity contribution in [1.82, 2.24) is 0 Å². The third-order valence-corrected chi connectivity index (χ3v) is 4.63. The minimum Gasteiger partial charge on any atom is -0.326 e. The number of amides is 1. The molecule has 1 saturated carbocycles. The van der Waals surface area contributed by atoms with E-state index in [-0.39, 0.29) is 11.8 Å². The maximum absolute atomic E-state index is 12.4. The van der Waals surface area contributed by atoms with E-state index < -0.39 is 0 Å². The van der Waals surface area contributed by atoms with E-state index in [1.165, 1.54) is 5.39 Å². The summed E-state index contributed by atoms with van der Waals surface area (Å²) in [7, 11) is 0. The van der Waals surface area contributed by atoms with Crippen LogP contribution in [0.2, 0.25) is 0 Å². The molecule has 4 rings (SSSR count). The maximum Gasteiger partial charge on any atom is 0.228 e. The number of carbonyl (C=O) groups excluding carboxylic acids is 1. The zero-order chi connectivity index (χ0) is 13.5. The molecule has 1 N–H and O–H groups in total. The predicted octanol–water partition coefficient (Wildman–Crippen LogP) is 3.99. The third kappa shape index (κ3) is 1.92. The summed E-state index contributed by atoms with van der Waals surface area (Å²) >= 11 is 0. The van der Waals surface area contributed by atoms with Crippen LogP contribution >= 0.6 is 0 Å². The van der Waals surface area contributed by atoms with Gasteiger partial charge in [0.2, 0.25) is 5.91 Å². The lowest BCUT2D eigenvalue weighted by molar-refractivity contribution is -0.120. The van der Waals surface area contributed by atoms with Gasteiger partial charge in [-0.3, -0.25) is 4.79 Å². The van der Waals surface area contributed by atoms with Gasteiger partial charge in [-0.25, -0.2) is 0 Å². The topological polar surface area (TPSA) is 29.1 Å². The highest BCUT2D eigenvalue weighted by Gasteiger charge is 2.39. The van der Waals surface area contributed by atoms with Crippen LogP contribution in [-0.2, 0) is 4.79 Å². The largest absolute Gasteiger partial charge is 0.326 e. The summed E-state index contributed by atoms with van der Waals surface area (Å²) in [5.74, 6) is 1.43. The molecule has 0 aromatic heterocycles. The van der Waals surface area contributed by atoms with E-state index in [1.807, 2.05) is 18.2 Å². The SMILES string of the molecule is O=C(Nc1ccc2ccccc2c1)[C@H]1C[C@@H]2C=C[C@H]1C2. The van der Waals surface area contributed by atoms with Gasteiger partial charge in [0, 0.05) is 11.6 Å². The van der Waals surface area contributed by atoms with Crippen molar-refractivity contribution < 1.29 is 4.79 Å². The number of anilines is 1. The smallest absolute Gasteiger partial charge is 0.228 e. The number of fused-ring (bicyclic) bond motifs is 3. The zero-order valence-corrected chi connectivity index (χ0v) is 11.3. The maximum atomic E-state index is 12.4. The lowest BCUT2D eigenvalue weighted by atomic mass is 9.93. The summed E-state index contributed by atoms with van der Waals surface area (Å²) in [6.07, 6.45) is 6.67. The average Bonchev–Trinajstić information content (AvgIpc) is 3.10. The van der Waals surface area contributed by atoms with Crippen molar-refractivity contribution in [3.8, 4) is 0 Å². The number of rotatable bonds is 2. The van der Waals surface area contributed by atoms with Crippen molar-refractivity contribution in [2.75, 3.05) is 5.32 Å². The third-order valence-electron chi connectivity index (χ3n) is 4.63. The second-order valence-corrected chi connectivity index (χ2v) is 5.94. The van der Waals surface area contributed by atoms with Crippen molar-refractivity contribution in [3.05, 3.63) is 54.6 Å². The molecule has 0 heterocycles. The molecule has 0 aliphatic heterocycles. The number of nitrogens with one attached hydrogen (secondary N) is 1. The van der Waals surface area contributed by atoms with Crippen molar-refractivity contribution >= 4 is 22.4 Å². The minimum absolute atomic E-state index is 0.163. The summed E-state index contributed by atoms with van der Waals surface area (Å²) < 4.78 is 0. The van der Waals surface area contributed by atoms with Crippen LogP contribution in [0.25, 0.3) is 10.8 Å². The molecule has 2 nitrogen and oxygen atoms in total. The van der Waals surface area contributed by atoms with E-state index in [0.717, 1.165) is 23.9 Å². The average molecular weight is 263 g/mol. The monoisotopic (exact) mass is 263 g/mol. The van der Waals surface area contributed by atoms with Gasteiger partial charge in [0.1, 0.15) is 0 Å². The van der Waals surface area contributed by atoms with Crippen molar-refractivity contribution in [3.63, 3.8) is 0 Å². The molecule has 0 unspecified atom stereocenters. The van der Waals surface area contributed by atoms with Crippen LogP contribution < -0.4 is 5.32 Å². The normalized spacial score (nSPS) is 27.1. The lowest BCUT2D eigenvalue weighted by Crippen LogP contribution is -2.25. The Bertz CT molecular complexity index is 703. The van der Waals surface area contributed by atoms with Crippen LogP contribution in [0.4, 0.5) is 5.69 Å². The molecule has 2 heteroatoms. The molecule has 3 atom stereocenters. The van der Waals surface area contributed by atoms with E-state index >= 15 is 0 Å². The highest BCUT2D eigenvalue weighted by molar-refractivity contribution is 5.96. The van der Waals surface area contributed by atoms with Crippen LogP contribution in [0.15, 0.2) is 54.6 Å². The minimum atomic E-state index is 0.163. The van der Waals surface area contributed by atoms with Gasteiger partial charge >= 0.3 is 0 Å². The van der Waals surface area contributed by atoms with Gasteiger partial charge in [0.25, 0.3) is 0 Å². The van der Waals surface area contributed by atoms with E-state index in [9.17, 15) is 4.79 Å². The molecule has 0 saturated heterocycles. The van der Waals surface area contributed by atoms with Gasteiger partial charge in [0.15, 0.2) is 0 Å². The molecular formula is C18H17NO. The van der Waals surface area contributed by atoms with Gasteiger partial charge in [-0.1, -0.05) is 42.5 Å². The van der Waals surface area contributed by atoms with E-state index in [2.05, 4.69) is 41.7 Å². The number of hydrogen-bond acceptors (Lipinski definition) is 1. The summed E-state index contributed by atoms with van der Waals surface area (Å²) in [5, 5.41) is 5.46. The van der Waals surface area contributed by atoms with Gasteiger partial charge in [-0.05, 0) is 47.6 Å². The Labute approximate surface area is 118 Å². The Balaban J connectivity index is 1.55. The van der Waals surface area contributed by atoms with Crippen LogP contribution in [0, 0.1) is 17.8 Å². The van der Waals surface area contributed by atoms with Gasteiger partial charge in [-0.15, -0.1) is 0 Å². The predicted molar refractivity (Wildman–Crippen MR) is 81.4 cm³/mol. The Hall–Kier alpha value is -2.09. The fraction of sp³-hybridized carbons (Fsp3) is 0.278. The van der Waals surface area contributed by atoms with E-state index in [4.69, 9.17) is 0 Å². The Morgan fingerprint density at radius 2 is 1.85 bits per heavy atom. The van der Waals surface area contributed by atoms with Crippen LogP contribution in [0.5, 0.6) is 0 Å². The first-order valence-electron chi connectivity index (χ1n) is 7.27. The first-order chi connectivity index (χ1) is 9.79. The van der Waals surface area contributed by atoms with Gasteiger partial charge in [-0.2, -0.15) is 0 Å². The molecule has 0 spiro atoms. The van der Waals surface area contributed by atoms with Crippen molar-refractivity contribution in [2.24, 2.45) is 17.8 Å². The zero-order valence-electron chi connectivity index (χ0n) is 11.3.